The summed E-state index contributed by atoms with van der Waals surface area (Å²) in [6, 6.07) is 15.6. The van der Waals surface area contributed by atoms with Crippen molar-refractivity contribution in [2.24, 2.45) is 0 Å². The van der Waals surface area contributed by atoms with Crippen LogP contribution in [0, 0.1) is 0 Å². The maximum absolute atomic E-state index is 12.6. The van der Waals surface area contributed by atoms with E-state index in [1.165, 1.54) is 0 Å². The number of rotatable bonds is 8. The summed E-state index contributed by atoms with van der Waals surface area (Å²) in [6.07, 6.45) is 0.119. The van der Waals surface area contributed by atoms with Crippen LogP contribution >= 0.6 is 11.6 Å². The lowest BCUT2D eigenvalue weighted by atomic mass is 10.0. The summed E-state index contributed by atoms with van der Waals surface area (Å²) < 4.78 is 5.03. The van der Waals surface area contributed by atoms with Crippen LogP contribution in [0.5, 0.6) is 0 Å². The van der Waals surface area contributed by atoms with Crippen LogP contribution in [0.2, 0.25) is 5.02 Å². The minimum Gasteiger partial charge on any atom is -0.383 e. The normalized spacial score (nSPS) is 12.9. The number of hydrogen-bond donors (Lipinski definition) is 2. The van der Waals surface area contributed by atoms with E-state index >= 15 is 0 Å². The van der Waals surface area contributed by atoms with Gasteiger partial charge in [-0.2, -0.15) is 0 Å². The number of hydrogen-bond acceptors (Lipinski definition) is 3. The van der Waals surface area contributed by atoms with Crippen molar-refractivity contribution < 1.29 is 14.3 Å². The molecule has 0 aliphatic heterocycles. The number of carbonyl (C=O) groups excluding carboxylic acids is 2. The molecule has 2 atom stereocenters. The molecule has 0 unspecified atom stereocenters. The monoisotopic (exact) mass is 374 g/mol. The Balaban J connectivity index is 2.13. The summed E-state index contributed by atoms with van der Waals surface area (Å²) in [5.41, 5.74) is 1.23. The second-order valence-electron chi connectivity index (χ2n) is 6.04. The van der Waals surface area contributed by atoms with Crippen LogP contribution in [0.4, 0.5) is 0 Å². The van der Waals surface area contributed by atoms with Gasteiger partial charge in [-0.3, -0.25) is 9.59 Å². The molecule has 0 spiro atoms. The van der Waals surface area contributed by atoms with Crippen LogP contribution in [0.15, 0.2) is 54.6 Å². The molecule has 2 aromatic carbocycles. The average molecular weight is 375 g/mol. The minimum atomic E-state index is -0.463. The number of benzene rings is 2. The Labute approximate surface area is 158 Å². The van der Waals surface area contributed by atoms with Gasteiger partial charge in [0.05, 0.1) is 29.7 Å². The predicted octanol–water partition coefficient (Wildman–Crippen LogP) is 3.35. The summed E-state index contributed by atoms with van der Waals surface area (Å²) in [5.74, 6) is -0.481. The summed E-state index contributed by atoms with van der Waals surface area (Å²) in [6.45, 7) is 2.29. The summed E-state index contributed by atoms with van der Waals surface area (Å²) in [5, 5.41) is 6.15. The van der Waals surface area contributed by atoms with Crippen molar-refractivity contribution in [2.45, 2.75) is 25.4 Å². The van der Waals surface area contributed by atoms with E-state index in [0.29, 0.717) is 17.2 Å². The Morgan fingerprint density at radius 2 is 1.69 bits per heavy atom. The van der Waals surface area contributed by atoms with Gasteiger partial charge in [0, 0.05) is 13.2 Å². The lowest BCUT2D eigenvalue weighted by molar-refractivity contribution is -0.122. The third-order valence-electron chi connectivity index (χ3n) is 3.84. The molecule has 138 valence electrons. The molecule has 2 amide bonds. The molecule has 0 fully saturated rings. The van der Waals surface area contributed by atoms with Gasteiger partial charge in [0.1, 0.15) is 0 Å². The van der Waals surface area contributed by atoms with Crippen LogP contribution in [-0.4, -0.2) is 31.6 Å². The topological polar surface area (TPSA) is 67.4 Å². The van der Waals surface area contributed by atoms with Crippen molar-refractivity contribution in [2.75, 3.05) is 13.7 Å². The summed E-state index contributed by atoms with van der Waals surface area (Å²) in [7, 11) is 1.58. The molecule has 2 aromatic rings. The Bertz CT molecular complexity index is 737. The lowest BCUT2D eigenvalue weighted by Gasteiger charge is -2.21. The van der Waals surface area contributed by atoms with Gasteiger partial charge in [-0.05, 0) is 24.6 Å². The molecular formula is C20H23ClN2O3. The predicted molar refractivity (Wildman–Crippen MR) is 102 cm³/mol. The molecule has 2 N–H and O–H groups in total. The van der Waals surface area contributed by atoms with E-state index in [2.05, 4.69) is 10.6 Å². The Morgan fingerprint density at radius 3 is 2.35 bits per heavy atom. The third kappa shape index (κ3) is 5.86. The fourth-order valence-corrected chi connectivity index (χ4v) is 2.85. The highest BCUT2D eigenvalue weighted by Crippen LogP contribution is 2.20. The zero-order valence-corrected chi connectivity index (χ0v) is 15.6. The van der Waals surface area contributed by atoms with E-state index in [4.69, 9.17) is 16.3 Å². The van der Waals surface area contributed by atoms with Gasteiger partial charge >= 0.3 is 0 Å². The molecule has 0 saturated heterocycles. The third-order valence-corrected chi connectivity index (χ3v) is 4.17. The number of amides is 2. The van der Waals surface area contributed by atoms with Crippen molar-refractivity contribution in [1.29, 1.82) is 0 Å². The van der Waals surface area contributed by atoms with Gasteiger partial charge in [0.2, 0.25) is 5.91 Å². The number of nitrogens with one attached hydrogen (secondary N) is 2. The van der Waals surface area contributed by atoms with Crippen molar-refractivity contribution in [3.05, 3.63) is 70.7 Å². The quantitative estimate of drug-likeness (QED) is 0.744. The highest BCUT2D eigenvalue weighted by atomic mass is 35.5. The SMILES string of the molecule is COC[C@H](C)NC(=O)C[C@H](NC(=O)c1ccccc1Cl)c1ccccc1. The second kappa shape index (κ2) is 9.94. The van der Waals surface area contributed by atoms with E-state index in [9.17, 15) is 9.59 Å². The van der Waals surface area contributed by atoms with E-state index in [1.54, 1.807) is 31.4 Å². The van der Waals surface area contributed by atoms with Crippen molar-refractivity contribution >= 4 is 23.4 Å². The van der Waals surface area contributed by atoms with Crippen LogP contribution in [0.3, 0.4) is 0 Å². The average Bonchev–Trinajstić information content (AvgIpc) is 2.62. The van der Waals surface area contributed by atoms with Crippen LogP contribution in [-0.2, 0) is 9.53 Å². The Morgan fingerprint density at radius 1 is 1.04 bits per heavy atom. The molecule has 26 heavy (non-hydrogen) atoms. The van der Waals surface area contributed by atoms with Gasteiger partial charge < -0.3 is 15.4 Å². The number of ether oxygens (including phenoxy) is 1. The highest BCUT2D eigenvalue weighted by molar-refractivity contribution is 6.33. The summed E-state index contributed by atoms with van der Waals surface area (Å²) in [4.78, 5) is 25.0. The number of halogens is 1. The molecule has 6 heteroatoms. The van der Waals surface area contributed by atoms with Gasteiger partial charge in [0.25, 0.3) is 5.91 Å². The highest BCUT2D eigenvalue weighted by Gasteiger charge is 2.21. The first-order valence-electron chi connectivity index (χ1n) is 8.40. The van der Waals surface area contributed by atoms with Gasteiger partial charge in [-0.1, -0.05) is 54.1 Å². The van der Waals surface area contributed by atoms with Gasteiger partial charge in [-0.15, -0.1) is 0 Å². The van der Waals surface area contributed by atoms with Crippen LogP contribution in [0.1, 0.15) is 35.3 Å². The Kier molecular flexibility index (Phi) is 7.63. The van der Waals surface area contributed by atoms with E-state index < -0.39 is 6.04 Å². The molecule has 0 saturated carbocycles. The van der Waals surface area contributed by atoms with Crippen molar-refractivity contribution in [3.8, 4) is 0 Å². The van der Waals surface area contributed by atoms with Gasteiger partial charge in [0.15, 0.2) is 0 Å². The molecule has 0 bridgehead atoms. The molecular weight excluding hydrogens is 352 g/mol. The molecule has 0 radical (unpaired) electrons. The first-order chi connectivity index (χ1) is 12.5. The molecule has 0 aliphatic carbocycles. The number of carbonyl (C=O) groups is 2. The van der Waals surface area contributed by atoms with Gasteiger partial charge in [-0.25, -0.2) is 0 Å². The van der Waals surface area contributed by atoms with Crippen molar-refractivity contribution in [1.82, 2.24) is 10.6 Å². The minimum absolute atomic E-state index is 0.108. The smallest absolute Gasteiger partial charge is 0.253 e. The fraction of sp³-hybridized carbons (Fsp3) is 0.300. The van der Waals surface area contributed by atoms with Crippen molar-refractivity contribution in [3.63, 3.8) is 0 Å². The van der Waals surface area contributed by atoms with Crippen LogP contribution in [0.25, 0.3) is 0 Å². The van der Waals surface area contributed by atoms with E-state index in [1.807, 2.05) is 37.3 Å². The van der Waals surface area contributed by atoms with E-state index in [0.717, 1.165) is 5.56 Å². The summed E-state index contributed by atoms with van der Waals surface area (Å²) >= 11 is 6.10. The first kappa shape index (κ1) is 19.9. The maximum atomic E-state index is 12.6. The lowest BCUT2D eigenvalue weighted by Crippen LogP contribution is -2.39. The second-order valence-corrected chi connectivity index (χ2v) is 6.45. The largest absolute Gasteiger partial charge is 0.383 e. The first-order valence-corrected chi connectivity index (χ1v) is 8.77. The zero-order valence-electron chi connectivity index (χ0n) is 14.9. The number of methoxy groups -OCH3 is 1. The fourth-order valence-electron chi connectivity index (χ4n) is 2.63. The zero-order chi connectivity index (χ0) is 18.9. The molecule has 0 heterocycles. The standard InChI is InChI=1S/C20H23ClN2O3/c1-14(13-26-2)22-19(24)12-18(15-8-4-3-5-9-15)23-20(25)16-10-6-7-11-17(16)21/h3-11,14,18H,12-13H2,1-2H3,(H,22,24)(H,23,25)/t14-,18-/m0/s1. The molecule has 5 nitrogen and oxygen atoms in total. The molecule has 0 aliphatic rings. The molecule has 0 aromatic heterocycles. The van der Waals surface area contributed by atoms with E-state index in [-0.39, 0.29) is 24.3 Å². The van der Waals surface area contributed by atoms with Crippen LogP contribution < -0.4 is 10.6 Å². The Hall–Kier alpha value is -2.37. The maximum Gasteiger partial charge on any atom is 0.253 e. The molecule has 2 rings (SSSR count).